The molecule has 0 spiro atoms. The van der Waals surface area contributed by atoms with E-state index < -0.39 is 13.4 Å². The second-order valence-electron chi connectivity index (χ2n) is 7.29. The van der Waals surface area contributed by atoms with Crippen LogP contribution in [0.25, 0.3) is 11.3 Å². The molecule has 0 bridgehead atoms. The smallest absolute Gasteiger partial charge is 0.222 e. The Balaban J connectivity index is 2.14. The molecule has 0 atom stereocenters. The normalized spacial score (nSPS) is 13.8. The topological polar surface area (TPSA) is 105 Å². The minimum atomic E-state index is -3.04. The lowest BCUT2D eigenvalue weighted by atomic mass is 10.1. The highest BCUT2D eigenvalue weighted by molar-refractivity contribution is 6.03. The van der Waals surface area contributed by atoms with Gasteiger partial charge in [0.15, 0.2) is 0 Å². The standard InChI is InChI=1S/C24H30N6O2/c1-6-32-24-18(10-8-12-27-24)19-13-20(22(29-15(2)3)21(30-19)16(4)25)28-14-17-9-7-11-26-23(17)31-5/h7-13,15,25,29H,6,14H2,1-5H3,(H,28,30)/i1D3,6D2. The van der Waals surface area contributed by atoms with Crippen molar-refractivity contribution >= 4 is 17.1 Å². The number of nitrogens with zero attached hydrogens (tertiary/aromatic N) is 3. The summed E-state index contributed by atoms with van der Waals surface area (Å²) in [5.41, 5.74) is 3.18. The van der Waals surface area contributed by atoms with Crippen molar-refractivity contribution in [3.05, 3.63) is 54.0 Å². The fraction of sp³-hybridized carbons (Fsp3) is 0.333. The number of methoxy groups -OCH3 is 1. The molecule has 3 aromatic heterocycles. The third-order valence-electron chi connectivity index (χ3n) is 4.52. The monoisotopic (exact) mass is 439 g/mol. The van der Waals surface area contributed by atoms with Gasteiger partial charge in [0.25, 0.3) is 0 Å². The highest BCUT2D eigenvalue weighted by Crippen LogP contribution is 2.35. The number of hydrogen-bond donors (Lipinski definition) is 3. The molecule has 3 aromatic rings. The Hall–Kier alpha value is -3.68. The van der Waals surface area contributed by atoms with Crippen LogP contribution in [0.4, 0.5) is 11.4 Å². The minimum absolute atomic E-state index is 0.0306. The van der Waals surface area contributed by atoms with Gasteiger partial charge in [-0.15, -0.1) is 0 Å². The lowest BCUT2D eigenvalue weighted by molar-refractivity contribution is 0.328. The molecule has 0 saturated carbocycles. The van der Waals surface area contributed by atoms with E-state index in [4.69, 9.17) is 21.7 Å². The number of rotatable bonds is 10. The lowest BCUT2D eigenvalue weighted by Gasteiger charge is -2.21. The summed E-state index contributed by atoms with van der Waals surface area (Å²) in [5.74, 6) is 0.245. The Labute approximate surface area is 196 Å². The van der Waals surface area contributed by atoms with Crippen molar-refractivity contribution in [2.24, 2.45) is 0 Å². The lowest BCUT2D eigenvalue weighted by Crippen LogP contribution is -2.17. The van der Waals surface area contributed by atoms with E-state index in [1.165, 1.54) is 6.20 Å². The van der Waals surface area contributed by atoms with Gasteiger partial charge >= 0.3 is 0 Å². The molecule has 32 heavy (non-hydrogen) atoms. The van der Waals surface area contributed by atoms with E-state index in [0.29, 0.717) is 35.2 Å². The van der Waals surface area contributed by atoms with Gasteiger partial charge in [0.2, 0.25) is 11.8 Å². The van der Waals surface area contributed by atoms with Gasteiger partial charge in [-0.2, -0.15) is 0 Å². The fourth-order valence-corrected chi connectivity index (χ4v) is 3.18. The van der Waals surface area contributed by atoms with Crippen LogP contribution in [-0.2, 0) is 6.54 Å². The van der Waals surface area contributed by atoms with Crippen LogP contribution < -0.4 is 20.1 Å². The molecule has 0 amide bonds. The first-order valence-corrected chi connectivity index (χ1v) is 10.1. The van der Waals surface area contributed by atoms with Crippen molar-refractivity contribution in [2.45, 2.75) is 40.2 Å². The van der Waals surface area contributed by atoms with Gasteiger partial charge in [0.1, 0.15) is 5.69 Å². The van der Waals surface area contributed by atoms with Crippen LogP contribution in [-0.4, -0.2) is 40.4 Å². The minimum Gasteiger partial charge on any atom is -0.481 e. The Morgan fingerprint density at radius 1 is 1.22 bits per heavy atom. The predicted molar refractivity (Wildman–Crippen MR) is 128 cm³/mol. The summed E-state index contributed by atoms with van der Waals surface area (Å²) in [4.78, 5) is 13.0. The fourth-order valence-electron chi connectivity index (χ4n) is 3.18. The SMILES string of the molecule is [2H]C([2H])([2H])C([2H])([2H])Oc1ncccc1-c1cc(NCc2cccnc2OC)c(NC(C)C)c(C(C)=N)n1. The summed E-state index contributed by atoms with van der Waals surface area (Å²) in [6, 6.07) is 8.64. The second kappa shape index (κ2) is 10.6. The van der Waals surface area contributed by atoms with E-state index in [1.54, 1.807) is 44.5 Å². The van der Waals surface area contributed by atoms with Crippen LogP contribution >= 0.6 is 0 Å². The molecular formula is C24H30N6O2. The Morgan fingerprint density at radius 2 is 1.97 bits per heavy atom. The summed E-state index contributed by atoms with van der Waals surface area (Å²) in [7, 11) is 1.54. The first kappa shape index (κ1) is 16.9. The summed E-state index contributed by atoms with van der Waals surface area (Å²) in [5, 5.41) is 15.1. The second-order valence-corrected chi connectivity index (χ2v) is 7.29. The number of nitrogens with one attached hydrogen (secondary N) is 3. The van der Waals surface area contributed by atoms with Crippen LogP contribution in [0.2, 0.25) is 0 Å². The van der Waals surface area contributed by atoms with E-state index in [1.807, 2.05) is 19.9 Å². The molecule has 0 aliphatic heterocycles. The van der Waals surface area contributed by atoms with Gasteiger partial charge in [-0.1, -0.05) is 6.07 Å². The molecule has 0 unspecified atom stereocenters. The molecule has 8 heteroatoms. The van der Waals surface area contributed by atoms with Gasteiger partial charge in [0.05, 0.1) is 44.8 Å². The summed E-state index contributed by atoms with van der Waals surface area (Å²) in [6.45, 7) is -0.120. The molecule has 0 radical (unpaired) electrons. The highest BCUT2D eigenvalue weighted by atomic mass is 16.5. The average Bonchev–Trinajstić information content (AvgIpc) is 2.82. The molecule has 0 aliphatic carbocycles. The van der Waals surface area contributed by atoms with Gasteiger partial charge in [-0.3, -0.25) is 0 Å². The number of anilines is 2. The van der Waals surface area contributed by atoms with Crippen molar-refractivity contribution in [2.75, 3.05) is 24.3 Å². The third kappa shape index (κ3) is 5.32. The highest BCUT2D eigenvalue weighted by Gasteiger charge is 2.19. The molecule has 0 saturated heterocycles. The van der Waals surface area contributed by atoms with Gasteiger partial charge in [-0.05, 0) is 51.9 Å². The number of ether oxygens (including phenoxy) is 2. The van der Waals surface area contributed by atoms with Crippen LogP contribution in [0.5, 0.6) is 11.8 Å². The zero-order valence-electron chi connectivity index (χ0n) is 23.5. The van der Waals surface area contributed by atoms with Crippen LogP contribution in [0.3, 0.4) is 0 Å². The molecule has 0 aliphatic rings. The van der Waals surface area contributed by atoms with Crippen molar-refractivity contribution in [3.63, 3.8) is 0 Å². The molecule has 3 rings (SSSR count). The van der Waals surface area contributed by atoms with Crippen molar-refractivity contribution in [1.82, 2.24) is 15.0 Å². The Kier molecular flexibility index (Phi) is 5.60. The average molecular weight is 440 g/mol. The van der Waals surface area contributed by atoms with E-state index in [2.05, 4.69) is 25.6 Å². The van der Waals surface area contributed by atoms with Crippen molar-refractivity contribution in [1.29, 1.82) is 5.41 Å². The predicted octanol–water partition coefficient (Wildman–Crippen LogP) is 4.77. The molecular weight excluding hydrogens is 404 g/mol. The summed E-state index contributed by atoms with van der Waals surface area (Å²) in [6.07, 6.45) is 3.01. The third-order valence-corrected chi connectivity index (χ3v) is 4.52. The van der Waals surface area contributed by atoms with E-state index in [-0.39, 0.29) is 23.2 Å². The van der Waals surface area contributed by atoms with Gasteiger partial charge in [0, 0.05) is 34.7 Å². The maximum Gasteiger partial charge on any atom is 0.222 e. The Morgan fingerprint density at radius 3 is 2.66 bits per heavy atom. The number of hydrogen-bond acceptors (Lipinski definition) is 8. The number of aromatic nitrogens is 3. The van der Waals surface area contributed by atoms with Crippen molar-refractivity contribution < 1.29 is 16.3 Å². The summed E-state index contributed by atoms with van der Waals surface area (Å²) >= 11 is 0. The first-order valence-electron chi connectivity index (χ1n) is 12.6. The van der Waals surface area contributed by atoms with Crippen LogP contribution in [0, 0.1) is 5.41 Å². The maximum atomic E-state index is 8.37. The quantitative estimate of drug-likeness (QED) is 0.391. The first-order chi connectivity index (χ1) is 17.3. The molecule has 168 valence electrons. The van der Waals surface area contributed by atoms with E-state index in [0.717, 1.165) is 5.56 Å². The van der Waals surface area contributed by atoms with E-state index in [9.17, 15) is 0 Å². The van der Waals surface area contributed by atoms with Gasteiger partial charge in [-0.25, -0.2) is 15.0 Å². The zero-order valence-corrected chi connectivity index (χ0v) is 18.5. The van der Waals surface area contributed by atoms with Gasteiger partial charge < -0.3 is 25.5 Å². The largest absolute Gasteiger partial charge is 0.481 e. The van der Waals surface area contributed by atoms with Crippen LogP contribution in [0.1, 0.15) is 45.7 Å². The molecule has 0 fully saturated rings. The molecule has 3 heterocycles. The van der Waals surface area contributed by atoms with E-state index >= 15 is 0 Å². The number of pyridine rings is 3. The van der Waals surface area contributed by atoms with Crippen molar-refractivity contribution in [3.8, 4) is 23.0 Å². The molecule has 3 N–H and O–H groups in total. The van der Waals surface area contributed by atoms with Crippen LogP contribution in [0.15, 0.2) is 42.7 Å². The molecule has 0 aromatic carbocycles. The maximum absolute atomic E-state index is 8.37. The Bertz CT molecular complexity index is 1270. The zero-order chi connectivity index (χ0) is 27.4. The molecule has 8 nitrogen and oxygen atoms in total. The summed E-state index contributed by atoms with van der Waals surface area (Å²) < 4.78 is 48.8.